The first-order valence-corrected chi connectivity index (χ1v) is 4.51. The highest BCUT2D eigenvalue weighted by atomic mass is 19.1. The minimum absolute atomic E-state index is 0.121. The molecule has 0 aliphatic rings. The SMILES string of the molecule is CCOC(=O)c1cc(CC#N)ccc1F. The quantitative estimate of drug-likeness (QED) is 0.713. The summed E-state index contributed by atoms with van der Waals surface area (Å²) in [7, 11) is 0. The average molecular weight is 207 g/mol. The molecule has 15 heavy (non-hydrogen) atoms. The number of hydrogen-bond acceptors (Lipinski definition) is 3. The van der Waals surface area contributed by atoms with Gasteiger partial charge in [0.25, 0.3) is 0 Å². The zero-order chi connectivity index (χ0) is 11.3. The van der Waals surface area contributed by atoms with Crippen molar-refractivity contribution in [3.05, 3.63) is 35.1 Å². The summed E-state index contributed by atoms with van der Waals surface area (Å²) in [5, 5.41) is 8.46. The molecular weight excluding hydrogens is 197 g/mol. The summed E-state index contributed by atoms with van der Waals surface area (Å²) in [6, 6.07) is 5.91. The van der Waals surface area contributed by atoms with Crippen molar-refractivity contribution in [2.24, 2.45) is 0 Å². The average Bonchev–Trinajstić information content (AvgIpc) is 2.21. The molecule has 78 valence electrons. The van der Waals surface area contributed by atoms with E-state index in [-0.39, 0.29) is 18.6 Å². The van der Waals surface area contributed by atoms with Crippen LogP contribution in [0.15, 0.2) is 18.2 Å². The molecule has 0 unspecified atom stereocenters. The fraction of sp³-hybridized carbons (Fsp3) is 0.273. The summed E-state index contributed by atoms with van der Waals surface area (Å²) >= 11 is 0. The van der Waals surface area contributed by atoms with Crippen LogP contribution in [-0.2, 0) is 11.2 Å². The number of ether oxygens (including phenoxy) is 1. The zero-order valence-electron chi connectivity index (χ0n) is 8.29. The molecule has 0 atom stereocenters. The molecule has 0 aliphatic carbocycles. The molecule has 0 N–H and O–H groups in total. The predicted octanol–water partition coefficient (Wildman–Crippen LogP) is 2.07. The fourth-order valence-corrected chi connectivity index (χ4v) is 1.14. The summed E-state index contributed by atoms with van der Waals surface area (Å²) in [4.78, 5) is 11.3. The van der Waals surface area contributed by atoms with Gasteiger partial charge >= 0.3 is 5.97 Å². The van der Waals surface area contributed by atoms with E-state index in [1.807, 2.05) is 6.07 Å². The smallest absolute Gasteiger partial charge is 0.341 e. The lowest BCUT2D eigenvalue weighted by atomic mass is 10.1. The van der Waals surface area contributed by atoms with Gasteiger partial charge in [0.05, 0.1) is 24.7 Å². The second-order valence-electron chi connectivity index (χ2n) is 2.87. The Balaban J connectivity index is 3.00. The van der Waals surface area contributed by atoms with E-state index in [1.54, 1.807) is 6.92 Å². The third kappa shape index (κ3) is 2.78. The number of halogens is 1. The molecule has 0 heterocycles. The van der Waals surface area contributed by atoms with Crippen LogP contribution in [0.3, 0.4) is 0 Å². The van der Waals surface area contributed by atoms with Crippen molar-refractivity contribution < 1.29 is 13.9 Å². The van der Waals surface area contributed by atoms with Crippen molar-refractivity contribution in [2.75, 3.05) is 6.61 Å². The maximum absolute atomic E-state index is 13.2. The maximum atomic E-state index is 13.2. The van der Waals surface area contributed by atoms with Crippen LogP contribution in [0.4, 0.5) is 4.39 Å². The van der Waals surface area contributed by atoms with E-state index < -0.39 is 11.8 Å². The van der Waals surface area contributed by atoms with E-state index in [9.17, 15) is 9.18 Å². The molecule has 0 aromatic heterocycles. The lowest BCUT2D eigenvalue weighted by Gasteiger charge is -2.04. The van der Waals surface area contributed by atoms with Gasteiger partial charge in [-0.15, -0.1) is 0 Å². The fourth-order valence-electron chi connectivity index (χ4n) is 1.14. The number of carbonyl (C=O) groups is 1. The van der Waals surface area contributed by atoms with Crippen LogP contribution < -0.4 is 0 Å². The minimum atomic E-state index is -0.699. The molecule has 0 spiro atoms. The van der Waals surface area contributed by atoms with Crippen LogP contribution >= 0.6 is 0 Å². The standard InChI is InChI=1S/C11H10FNO2/c1-2-15-11(14)9-7-8(5-6-13)3-4-10(9)12/h3-4,7H,2,5H2,1H3. The molecule has 1 rings (SSSR count). The third-order valence-corrected chi connectivity index (χ3v) is 1.81. The van der Waals surface area contributed by atoms with Crippen molar-refractivity contribution >= 4 is 5.97 Å². The minimum Gasteiger partial charge on any atom is -0.462 e. The molecule has 0 bridgehead atoms. The van der Waals surface area contributed by atoms with Gasteiger partial charge in [-0.3, -0.25) is 0 Å². The number of rotatable bonds is 3. The molecule has 0 amide bonds. The predicted molar refractivity (Wildman–Crippen MR) is 51.7 cm³/mol. The van der Waals surface area contributed by atoms with E-state index in [4.69, 9.17) is 5.26 Å². The lowest BCUT2D eigenvalue weighted by molar-refractivity contribution is 0.0521. The van der Waals surface area contributed by atoms with Gasteiger partial charge < -0.3 is 4.74 Å². The molecule has 0 saturated heterocycles. The van der Waals surface area contributed by atoms with Crippen molar-refractivity contribution in [3.63, 3.8) is 0 Å². The molecule has 4 heteroatoms. The van der Waals surface area contributed by atoms with E-state index in [0.717, 1.165) is 0 Å². The van der Waals surface area contributed by atoms with E-state index in [2.05, 4.69) is 4.74 Å². The molecule has 0 saturated carbocycles. The van der Waals surface area contributed by atoms with Crippen LogP contribution in [0.1, 0.15) is 22.8 Å². The highest BCUT2D eigenvalue weighted by Crippen LogP contribution is 2.12. The molecule has 0 aliphatic heterocycles. The molecule has 1 aromatic rings. The lowest BCUT2D eigenvalue weighted by Crippen LogP contribution is -2.07. The summed E-state index contributed by atoms with van der Waals surface area (Å²) in [5.74, 6) is -1.33. The van der Waals surface area contributed by atoms with E-state index in [0.29, 0.717) is 5.56 Å². The first kappa shape index (κ1) is 11.2. The second kappa shape index (κ2) is 5.11. The Kier molecular flexibility index (Phi) is 3.81. The Morgan fingerprint density at radius 1 is 1.60 bits per heavy atom. The van der Waals surface area contributed by atoms with Crippen LogP contribution in [-0.4, -0.2) is 12.6 Å². The summed E-state index contributed by atoms with van der Waals surface area (Å²) in [6.45, 7) is 1.84. The van der Waals surface area contributed by atoms with Gasteiger partial charge in [-0.2, -0.15) is 5.26 Å². The highest BCUT2D eigenvalue weighted by Gasteiger charge is 2.13. The number of carbonyl (C=O) groups excluding carboxylic acids is 1. The Labute approximate surface area is 87.1 Å². The Morgan fingerprint density at radius 2 is 2.33 bits per heavy atom. The van der Waals surface area contributed by atoms with Gasteiger partial charge in [0.1, 0.15) is 5.82 Å². The highest BCUT2D eigenvalue weighted by molar-refractivity contribution is 5.89. The maximum Gasteiger partial charge on any atom is 0.341 e. The molecule has 0 fully saturated rings. The molecule has 3 nitrogen and oxygen atoms in total. The number of esters is 1. The van der Waals surface area contributed by atoms with Crippen LogP contribution in [0, 0.1) is 17.1 Å². The summed E-state index contributed by atoms with van der Waals surface area (Å²) in [6.07, 6.45) is 0.146. The van der Waals surface area contributed by atoms with Crippen LogP contribution in [0.5, 0.6) is 0 Å². The van der Waals surface area contributed by atoms with Crippen molar-refractivity contribution in [3.8, 4) is 6.07 Å². The topological polar surface area (TPSA) is 50.1 Å². The largest absolute Gasteiger partial charge is 0.462 e. The third-order valence-electron chi connectivity index (χ3n) is 1.81. The van der Waals surface area contributed by atoms with E-state index >= 15 is 0 Å². The first-order chi connectivity index (χ1) is 7.19. The van der Waals surface area contributed by atoms with E-state index in [1.165, 1.54) is 18.2 Å². The second-order valence-corrected chi connectivity index (χ2v) is 2.87. The number of hydrogen-bond donors (Lipinski definition) is 0. The van der Waals surface area contributed by atoms with Crippen LogP contribution in [0.25, 0.3) is 0 Å². The Bertz CT molecular complexity index is 410. The van der Waals surface area contributed by atoms with Gasteiger partial charge in [-0.05, 0) is 24.6 Å². The van der Waals surface area contributed by atoms with Crippen molar-refractivity contribution in [1.82, 2.24) is 0 Å². The monoisotopic (exact) mass is 207 g/mol. The zero-order valence-corrected chi connectivity index (χ0v) is 8.29. The van der Waals surface area contributed by atoms with Gasteiger partial charge in [-0.1, -0.05) is 6.07 Å². The number of nitriles is 1. The number of nitrogens with zero attached hydrogens (tertiary/aromatic N) is 1. The van der Waals surface area contributed by atoms with Gasteiger partial charge in [0.15, 0.2) is 0 Å². The molecular formula is C11H10FNO2. The van der Waals surface area contributed by atoms with Gasteiger partial charge in [0, 0.05) is 0 Å². The van der Waals surface area contributed by atoms with Crippen molar-refractivity contribution in [1.29, 1.82) is 5.26 Å². The van der Waals surface area contributed by atoms with Crippen LogP contribution in [0.2, 0.25) is 0 Å². The van der Waals surface area contributed by atoms with Gasteiger partial charge in [0.2, 0.25) is 0 Å². The van der Waals surface area contributed by atoms with Gasteiger partial charge in [-0.25, -0.2) is 9.18 Å². The Morgan fingerprint density at radius 3 is 2.93 bits per heavy atom. The summed E-state index contributed by atoms with van der Waals surface area (Å²) in [5.41, 5.74) is 0.478. The number of benzene rings is 1. The van der Waals surface area contributed by atoms with Crippen molar-refractivity contribution in [2.45, 2.75) is 13.3 Å². The Hall–Kier alpha value is -1.89. The normalized spacial score (nSPS) is 9.40. The first-order valence-electron chi connectivity index (χ1n) is 4.51. The summed E-state index contributed by atoms with van der Waals surface area (Å²) < 4.78 is 17.9. The molecule has 0 radical (unpaired) electrons. The molecule has 1 aromatic carbocycles.